The second-order valence-electron chi connectivity index (χ2n) is 3.49. The number of phenolic OH excluding ortho intramolecular Hbond substituents is 1. The molecular weight excluding hydrogens is 238 g/mol. The van der Waals surface area contributed by atoms with Crippen molar-refractivity contribution in [3.63, 3.8) is 0 Å². The van der Waals surface area contributed by atoms with Crippen LogP contribution in [0.5, 0.6) is 5.75 Å². The molecule has 0 radical (unpaired) electrons. The van der Waals surface area contributed by atoms with Crippen LogP contribution in [0.4, 0.5) is 16.2 Å². The zero-order valence-electron chi connectivity index (χ0n) is 9.81. The molecule has 0 atom stereocenters. The van der Waals surface area contributed by atoms with Crippen LogP contribution in [0.2, 0.25) is 0 Å². The van der Waals surface area contributed by atoms with Crippen LogP contribution < -0.4 is 16.0 Å². The van der Waals surface area contributed by atoms with Crippen LogP contribution in [0.25, 0.3) is 0 Å². The van der Waals surface area contributed by atoms with Gasteiger partial charge in [-0.1, -0.05) is 0 Å². The van der Waals surface area contributed by atoms with E-state index in [2.05, 4.69) is 16.0 Å². The SMILES string of the molecule is O=C(NCCO)Nc1ccc(NCCO)cc1O. The number of urea groups is 1. The van der Waals surface area contributed by atoms with Crippen LogP contribution in [0.1, 0.15) is 0 Å². The van der Waals surface area contributed by atoms with E-state index >= 15 is 0 Å². The van der Waals surface area contributed by atoms with Crippen molar-refractivity contribution in [2.75, 3.05) is 36.9 Å². The number of rotatable bonds is 6. The summed E-state index contributed by atoms with van der Waals surface area (Å²) in [5.74, 6) is -0.0860. The van der Waals surface area contributed by atoms with Gasteiger partial charge in [-0.25, -0.2) is 4.79 Å². The highest BCUT2D eigenvalue weighted by Gasteiger charge is 2.06. The van der Waals surface area contributed by atoms with Crippen molar-refractivity contribution in [1.29, 1.82) is 0 Å². The molecule has 0 saturated heterocycles. The van der Waals surface area contributed by atoms with Gasteiger partial charge < -0.3 is 31.3 Å². The molecule has 0 aliphatic heterocycles. The van der Waals surface area contributed by atoms with E-state index in [1.807, 2.05) is 0 Å². The first-order chi connectivity index (χ1) is 8.67. The first-order valence-corrected chi connectivity index (χ1v) is 5.51. The fourth-order valence-electron chi connectivity index (χ4n) is 1.28. The monoisotopic (exact) mass is 255 g/mol. The number of phenols is 1. The highest BCUT2D eigenvalue weighted by Crippen LogP contribution is 2.26. The molecule has 0 aromatic heterocycles. The molecule has 7 nitrogen and oxygen atoms in total. The van der Waals surface area contributed by atoms with E-state index in [-0.39, 0.29) is 31.2 Å². The van der Waals surface area contributed by atoms with Gasteiger partial charge in [-0.05, 0) is 12.1 Å². The van der Waals surface area contributed by atoms with Gasteiger partial charge >= 0.3 is 6.03 Å². The lowest BCUT2D eigenvalue weighted by Crippen LogP contribution is -2.30. The maximum absolute atomic E-state index is 11.3. The van der Waals surface area contributed by atoms with Crippen LogP contribution in [-0.2, 0) is 0 Å². The summed E-state index contributed by atoms with van der Waals surface area (Å²) in [5, 5.41) is 34.6. The van der Waals surface area contributed by atoms with Crippen LogP contribution in [0.3, 0.4) is 0 Å². The Labute approximate surface area is 104 Å². The van der Waals surface area contributed by atoms with Crippen molar-refractivity contribution in [3.05, 3.63) is 18.2 Å². The minimum Gasteiger partial charge on any atom is -0.506 e. The number of carbonyl (C=O) groups is 1. The van der Waals surface area contributed by atoms with Crippen molar-refractivity contribution in [1.82, 2.24) is 5.32 Å². The number of benzene rings is 1. The predicted octanol–water partition coefficient (Wildman–Crippen LogP) is -0.0898. The normalized spacial score (nSPS) is 9.89. The second-order valence-corrected chi connectivity index (χ2v) is 3.49. The molecule has 2 amide bonds. The first kappa shape index (κ1) is 14.1. The Balaban J connectivity index is 2.59. The van der Waals surface area contributed by atoms with E-state index in [9.17, 15) is 9.90 Å². The number of aliphatic hydroxyl groups is 2. The summed E-state index contributed by atoms with van der Waals surface area (Å²) in [6.45, 7) is 0.361. The quantitative estimate of drug-likeness (QED) is 0.398. The van der Waals surface area contributed by atoms with Gasteiger partial charge in [-0.15, -0.1) is 0 Å². The van der Waals surface area contributed by atoms with E-state index in [1.54, 1.807) is 6.07 Å². The van der Waals surface area contributed by atoms with Crippen molar-refractivity contribution < 1.29 is 20.1 Å². The zero-order chi connectivity index (χ0) is 13.4. The molecule has 1 aromatic rings. The number of hydrogen-bond acceptors (Lipinski definition) is 5. The standard InChI is InChI=1S/C11H17N3O4/c15-5-3-12-8-1-2-9(10(17)7-8)14-11(18)13-4-6-16/h1-2,7,12,15-17H,3-6H2,(H2,13,14,18). The fourth-order valence-corrected chi connectivity index (χ4v) is 1.28. The number of carbonyl (C=O) groups excluding carboxylic acids is 1. The molecule has 100 valence electrons. The molecular formula is C11H17N3O4. The zero-order valence-corrected chi connectivity index (χ0v) is 9.81. The van der Waals surface area contributed by atoms with Gasteiger partial charge in [-0.2, -0.15) is 0 Å². The van der Waals surface area contributed by atoms with E-state index in [4.69, 9.17) is 10.2 Å². The number of anilines is 2. The van der Waals surface area contributed by atoms with Crippen LogP contribution in [0, 0.1) is 0 Å². The van der Waals surface area contributed by atoms with E-state index in [0.29, 0.717) is 12.2 Å². The summed E-state index contributed by atoms with van der Waals surface area (Å²) < 4.78 is 0. The van der Waals surface area contributed by atoms with Crippen LogP contribution in [0.15, 0.2) is 18.2 Å². The maximum atomic E-state index is 11.3. The number of amides is 2. The van der Waals surface area contributed by atoms with Gasteiger partial charge in [0, 0.05) is 24.8 Å². The van der Waals surface area contributed by atoms with Gasteiger partial charge in [0.05, 0.1) is 18.9 Å². The Morgan fingerprint density at radius 2 is 1.89 bits per heavy atom. The second kappa shape index (κ2) is 7.36. The van der Waals surface area contributed by atoms with Crippen LogP contribution >= 0.6 is 0 Å². The largest absolute Gasteiger partial charge is 0.506 e. The molecule has 0 unspecified atom stereocenters. The summed E-state index contributed by atoms with van der Waals surface area (Å²) in [5.41, 5.74) is 0.905. The molecule has 1 rings (SSSR count). The molecule has 1 aromatic carbocycles. The number of aliphatic hydroxyl groups excluding tert-OH is 2. The van der Waals surface area contributed by atoms with E-state index in [1.165, 1.54) is 12.1 Å². The van der Waals surface area contributed by atoms with Crippen molar-refractivity contribution >= 4 is 17.4 Å². The minimum absolute atomic E-state index is 0.00959. The Bertz CT molecular complexity index is 398. The Morgan fingerprint density at radius 3 is 2.50 bits per heavy atom. The Morgan fingerprint density at radius 1 is 1.17 bits per heavy atom. The molecule has 0 heterocycles. The summed E-state index contributed by atoms with van der Waals surface area (Å²) in [7, 11) is 0. The molecule has 0 saturated carbocycles. The third kappa shape index (κ3) is 4.48. The maximum Gasteiger partial charge on any atom is 0.319 e. The molecule has 0 bridgehead atoms. The molecule has 6 N–H and O–H groups in total. The summed E-state index contributed by atoms with van der Waals surface area (Å²) in [4.78, 5) is 11.3. The molecule has 18 heavy (non-hydrogen) atoms. The molecule has 0 spiro atoms. The van der Waals surface area contributed by atoms with Gasteiger partial charge in [-0.3, -0.25) is 0 Å². The molecule has 0 aliphatic rings. The van der Waals surface area contributed by atoms with Gasteiger partial charge in [0.1, 0.15) is 5.75 Å². The molecule has 0 aliphatic carbocycles. The minimum atomic E-state index is -0.504. The van der Waals surface area contributed by atoms with Crippen molar-refractivity contribution in [3.8, 4) is 5.75 Å². The lowest BCUT2D eigenvalue weighted by molar-refractivity contribution is 0.244. The highest BCUT2D eigenvalue weighted by molar-refractivity contribution is 5.91. The van der Waals surface area contributed by atoms with Crippen molar-refractivity contribution in [2.45, 2.75) is 0 Å². The summed E-state index contributed by atoms with van der Waals surface area (Å²) in [6.07, 6.45) is 0. The third-order valence-corrected chi connectivity index (χ3v) is 2.08. The fraction of sp³-hybridized carbons (Fsp3) is 0.364. The average molecular weight is 255 g/mol. The highest BCUT2D eigenvalue weighted by atomic mass is 16.3. The topological polar surface area (TPSA) is 114 Å². The average Bonchev–Trinajstić information content (AvgIpc) is 2.36. The Kier molecular flexibility index (Phi) is 5.75. The third-order valence-electron chi connectivity index (χ3n) is 2.08. The van der Waals surface area contributed by atoms with Gasteiger partial charge in [0.15, 0.2) is 0 Å². The lowest BCUT2D eigenvalue weighted by Gasteiger charge is -2.10. The predicted molar refractivity (Wildman–Crippen MR) is 67.8 cm³/mol. The van der Waals surface area contributed by atoms with Crippen molar-refractivity contribution in [2.24, 2.45) is 0 Å². The first-order valence-electron chi connectivity index (χ1n) is 5.51. The molecule has 0 fully saturated rings. The number of hydrogen-bond donors (Lipinski definition) is 6. The number of aromatic hydroxyl groups is 1. The lowest BCUT2D eigenvalue weighted by atomic mass is 10.2. The van der Waals surface area contributed by atoms with Crippen LogP contribution in [-0.4, -0.2) is 47.7 Å². The van der Waals surface area contributed by atoms with E-state index in [0.717, 1.165) is 0 Å². The molecule has 7 heteroatoms. The summed E-state index contributed by atoms with van der Waals surface area (Å²) in [6, 6.07) is 4.14. The van der Waals surface area contributed by atoms with Gasteiger partial charge in [0.2, 0.25) is 0 Å². The van der Waals surface area contributed by atoms with Gasteiger partial charge in [0.25, 0.3) is 0 Å². The Hall–Kier alpha value is -1.99. The summed E-state index contributed by atoms with van der Waals surface area (Å²) >= 11 is 0. The van der Waals surface area contributed by atoms with E-state index < -0.39 is 6.03 Å². The number of nitrogens with one attached hydrogen (secondary N) is 3. The smallest absolute Gasteiger partial charge is 0.319 e.